The fourth-order valence-corrected chi connectivity index (χ4v) is 3.66. The predicted octanol–water partition coefficient (Wildman–Crippen LogP) is 5.24. The number of aliphatic carboxylic acids is 2. The molecule has 2 rings (SSSR count). The van der Waals surface area contributed by atoms with Gasteiger partial charge in [-0.2, -0.15) is 0 Å². The number of nitrogens with one attached hydrogen (secondary N) is 1. The molecule has 7 nitrogen and oxygen atoms in total. The Morgan fingerprint density at radius 3 is 1.62 bits per heavy atom. The van der Waals surface area contributed by atoms with Gasteiger partial charge in [0.15, 0.2) is 5.78 Å². The van der Waals surface area contributed by atoms with Gasteiger partial charge in [0.1, 0.15) is 0 Å². The average molecular weight is 472 g/mol. The molecule has 0 aliphatic heterocycles. The number of hydrogen-bond acceptors (Lipinski definition) is 4. The fraction of sp³-hybridized carbons (Fsp3) is 0.481. The molecule has 1 fully saturated rings. The number of aryl methyl sites for hydroxylation is 1. The first-order chi connectivity index (χ1) is 16.3. The van der Waals surface area contributed by atoms with Gasteiger partial charge in [0.2, 0.25) is 5.91 Å². The molecule has 34 heavy (non-hydrogen) atoms. The van der Waals surface area contributed by atoms with Crippen molar-refractivity contribution in [3.63, 3.8) is 0 Å². The number of carbonyl (C=O) groups excluding carboxylic acids is 2. The molecule has 1 aromatic carbocycles. The molecule has 3 N–H and O–H groups in total. The summed E-state index contributed by atoms with van der Waals surface area (Å²) >= 11 is 0. The maximum Gasteiger partial charge on any atom is 0.328 e. The van der Waals surface area contributed by atoms with Gasteiger partial charge < -0.3 is 15.5 Å². The zero-order valence-electron chi connectivity index (χ0n) is 20.0. The highest BCUT2D eigenvalue weighted by Gasteiger charge is 2.11. The van der Waals surface area contributed by atoms with E-state index in [4.69, 9.17) is 10.2 Å². The van der Waals surface area contributed by atoms with Crippen molar-refractivity contribution in [3.8, 4) is 0 Å². The van der Waals surface area contributed by atoms with Gasteiger partial charge in [0.25, 0.3) is 0 Å². The molecule has 0 heterocycles. The van der Waals surface area contributed by atoms with E-state index in [0.29, 0.717) is 5.56 Å². The highest BCUT2D eigenvalue weighted by molar-refractivity contribution is 6.06. The molecular formula is C27H37NO6. The van der Waals surface area contributed by atoms with E-state index in [0.717, 1.165) is 55.6 Å². The van der Waals surface area contributed by atoms with Crippen LogP contribution in [0.4, 0.5) is 0 Å². The lowest BCUT2D eigenvalue weighted by Crippen LogP contribution is -2.33. The number of carboxylic acid groups (broad SMARTS) is 2. The largest absolute Gasteiger partial charge is 0.478 e. The maximum absolute atomic E-state index is 11.6. The van der Waals surface area contributed by atoms with Crippen molar-refractivity contribution in [1.82, 2.24) is 5.32 Å². The van der Waals surface area contributed by atoms with Crippen LogP contribution in [0.25, 0.3) is 0 Å². The van der Waals surface area contributed by atoms with Crippen LogP contribution in [-0.2, 0) is 14.4 Å². The zero-order chi connectivity index (χ0) is 25.2. The number of carbonyl (C=O) groups is 4. The Balaban J connectivity index is 0.000000362. The Morgan fingerprint density at radius 2 is 1.15 bits per heavy atom. The predicted molar refractivity (Wildman–Crippen MR) is 132 cm³/mol. The van der Waals surface area contributed by atoms with Gasteiger partial charge in [-0.15, -0.1) is 0 Å². The van der Waals surface area contributed by atoms with Crippen molar-refractivity contribution < 1.29 is 29.4 Å². The molecule has 1 aromatic rings. The second-order valence-electron chi connectivity index (χ2n) is 8.54. The number of hydrogen-bond donors (Lipinski definition) is 3. The molecule has 0 bridgehead atoms. The van der Waals surface area contributed by atoms with E-state index in [2.05, 4.69) is 5.32 Å². The number of rotatable bonds is 6. The van der Waals surface area contributed by atoms with Crippen LogP contribution >= 0.6 is 0 Å². The van der Waals surface area contributed by atoms with Gasteiger partial charge in [-0.3, -0.25) is 9.59 Å². The molecule has 1 aliphatic carbocycles. The van der Waals surface area contributed by atoms with Crippen LogP contribution in [-0.4, -0.2) is 39.9 Å². The third kappa shape index (κ3) is 14.8. The van der Waals surface area contributed by atoms with Crippen molar-refractivity contribution in [2.75, 3.05) is 0 Å². The van der Waals surface area contributed by atoms with Gasteiger partial charge in [0.05, 0.1) is 0 Å². The van der Waals surface area contributed by atoms with Gasteiger partial charge >= 0.3 is 11.9 Å². The molecule has 0 radical (unpaired) electrons. The van der Waals surface area contributed by atoms with Crippen LogP contribution < -0.4 is 5.32 Å². The van der Waals surface area contributed by atoms with Crippen molar-refractivity contribution in [1.29, 1.82) is 0 Å². The number of amides is 1. The normalized spacial score (nSPS) is 16.0. The zero-order valence-corrected chi connectivity index (χ0v) is 20.0. The topological polar surface area (TPSA) is 121 Å². The summed E-state index contributed by atoms with van der Waals surface area (Å²) in [6.07, 6.45) is 17.3. The van der Waals surface area contributed by atoms with Crippen molar-refractivity contribution in [2.24, 2.45) is 0 Å². The molecule has 0 atom stereocenters. The van der Waals surface area contributed by atoms with Crippen LogP contribution in [0.15, 0.2) is 48.6 Å². The summed E-state index contributed by atoms with van der Waals surface area (Å²) in [6.45, 7) is 1.92. The third-order valence-electron chi connectivity index (χ3n) is 5.54. The Morgan fingerprint density at radius 1 is 0.706 bits per heavy atom. The van der Waals surface area contributed by atoms with Crippen LogP contribution in [0.1, 0.15) is 86.6 Å². The lowest BCUT2D eigenvalue weighted by molar-refractivity contribution is -0.132. The summed E-state index contributed by atoms with van der Waals surface area (Å²) in [5, 5.41) is 19.8. The summed E-state index contributed by atoms with van der Waals surface area (Å²) < 4.78 is 0. The van der Waals surface area contributed by atoms with E-state index in [-0.39, 0.29) is 17.7 Å². The van der Waals surface area contributed by atoms with Gasteiger partial charge in [0, 0.05) is 29.8 Å². The van der Waals surface area contributed by atoms with Crippen molar-refractivity contribution in [2.45, 2.75) is 83.6 Å². The summed E-state index contributed by atoms with van der Waals surface area (Å²) in [4.78, 5) is 43.5. The lowest BCUT2D eigenvalue weighted by atomic mass is 9.98. The average Bonchev–Trinajstić information content (AvgIpc) is 2.79. The minimum absolute atomic E-state index is 0.195. The Bertz CT molecular complexity index is 829. The summed E-state index contributed by atoms with van der Waals surface area (Å²) in [5.74, 6) is -2.79. The fourth-order valence-electron chi connectivity index (χ4n) is 3.66. The minimum atomic E-state index is -1.12. The standard InChI is InChI=1S/C16H27NO3.C11H10O3/c18-15(12-13-16(19)20)17-14-10-8-6-4-2-1-3-5-7-9-11-14;1-8-2-4-9(5-3-8)10(12)6-7-11(13)14/h12-14H,1-11H2,(H,17,18)(H,19,20);2-7H,1H3,(H,13,14). The Labute approximate surface area is 202 Å². The molecule has 1 amide bonds. The van der Waals surface area contributed by atoms with E-state index < -0.39 is 11.9 Å². The highest BCUT2D eigenvalue weighted by atomic mass is 16.4. The molecular weight excluding hydrogens is 434 g/mol. The molecule has 0 spiro atoms. The second kappa shape index (κ2) is 17.3. The minimum Gasteiger partial charge on any atom is -0.478 e. The quantitative estimate of drug-likeness (QED) is 0.386. The molecule has 186 valence electrons. The molecule has 1 saturated carbocycles. The van der Waals surface area contributed by atoms with Gasteiger partial charge in [-0.05, 0) is 25.8 Å². The van der Waals surface area contributed by atoms with Crippen LogP contribution in [0.2, 0.25) is 0 Å². The summed E-state index contributed by atoms with van der Waals surface area (Å²) in [6, 6.07) is 7.15. The molecule has 0 saturated heterocycles. The smallest absolute Gasteiger partial charge is 0.328 e. The first-order valence-corrected chi connectivity index (χ1v) is 12.0. The van der Waals surface area contributed by atoms with Crippen molar-refractivity contribution in [3.05, 3.63) is 59.7 Å². The lowest BCUT2D eigenvalue weighted by Gasteiger charge is -2.18. The summed E-state index contributed by atoms with van der Waals surface area (Å²) in [5.41, 5.74) is 1.55. The van der Waals surface area contributed by atoms with Crippen LogP contribution in [0.3, 0.4) is 0 Å². The van der Waals surface area contributed by atoms with Crippen LogP contribution in [0, 0.1) is 6.92 Å². The van der Waals surface area contributed by atoms with Gasteiger partial charge in [-0.1, -0.05) is 87.6 Å². The SMILES string of the molecule is Cc1ccc(C(=O)C=CC(=O)O)cc1.O=C(O)C=CC(=O)NC1CCCCCCCCCCC1. The van der Waals surface area contributed by atoms with Crippen LogP contribution in [0.5, 0.6) is 0 Å². The second-order valence-corrected chi connectivity index (χ2v) is 8.54. The number of allylic oxidation sites excluding steroid dienone is 1. The molecule has 0 aromatic heterocycles. The first kappa shape index (κ1) is 28.8. The molecule has 7 heteroatoms. The van der Waals surface area contributed by atoms with Gasteiger partial charge in [-0.25, -0.2) is 9.59 Å². The third-order valence-corrected chi connectivity index (χ3v) is 5.54. The first-order valence-electron chi connectivity index (χ1n) is 12.0. The monoisotopic (exact) mass is 471 g/mol. The number of ketones is 1. The molecule has 0 unspecified atom stereocenters. The van der Waals surface area contributed by atoms with E-state index in [1.165, 1.54) is 44.9 Å². The van der Waals surface area contributed by atoms with E-state index in [1.807, 2.05) is 19.1 Å². The highest BCUT2D eigenvalue weighted by Crippen LogP contribution is 2.17. The van der Waals surface area contributed by atoms with E-state index in [1.54, 1.807) is 12.1 Å². The maximum atomic E-state index is 11.6. The molecule has 1 aliphatic rings. The number of carboxylic acids is 2. The Hall–Kier alpha value is -3.22. The number of benzene rings is 1. The van der Waals surface area contributed by atoms with E-state index >= 15 is 0 Å². The van der Waals surface area contributed by atoms with Crippen molar-refractivity contribution >= 4 is 23.6 Å². The van der Waals surface area contributed by atoms with E-state index in [9.17, 15) is 19.2 Å². The Kier molecular flexibility index (Phi) is 14.6. The summed E-state index contributed by atoms with van der Waals surface area (Å²) in [7, 11) is 0.